The lowest BCUT2D eigenvalue weighted by molar-refractivity contribution is -0.126. The molecule has 1 fully saturated rings. The molecular formula is C30H27NO4. The summed E-state index contributed by atoms with van der Waals surface area (Å²) in [5, 5.41) is 0. The lowest BCUT2D eigenvalue weighted by atomic mass is 9.94. The van der Waals surface area contributed by atoms with E-state index in [1.165, 1.54) is 0 Å². The van der Waals surface area contributed by atoms with Crippen LogP contribution in [0.1, 0.15) is 16.7 Å². The Morgan fingerprint density at radius 3 is 1.66 bits per heavy atom. The van der Waals surface area contributed by atoms with Crippen LogP contribution in [0.5, 0.6) is 11.5 Å². The van der Waals surface area contributed by atoms with E-state index in [9.17, 15) is 9.59 Å². The van der Waals surface area contributed by atoms with Crippen molar-refractivity contribution in [2.75, 3.05) is 27.3 Å². The summed E-state index contributed by atoms with van der Waals surface area (Å²) in [5.41, 5.74) is 3.79. The fourth-order valence-corrected chi connectivity index (χ4v) is 3.83. The second-order valence-corrected chi connectivity index (χ2v) is 8.15. The Kier molecular flexibility index (Phi) is 7.58. The van der Waals surface area contributed by atoms with Gasteiger partial charge in [-0.1, -0.05) is 54.6 Å². The number of amides is 1. The number of piperidine rings is 1. The lowest BCUT2D eigenvalue weighted by Gasteiger charge is -2.29. The van der Waals surface area contributed by atoms with Crippen molar-refractivity contribution in [3.05, 3.63) is 113 Å². The van der Waals surface area contributed by atoms with Gasteiger partial charge in [-0.05, 0) is 59.2 Å². The molecule has 1 saturated heterocycles. The van der Waals surface area contributed by atoms with E-state index in [1.54, 1.807) is 31.3 Å². The quantitative estimate of drug-likeness (QED) is 0.464. The first-order valence-corrected chi connectivity index (χ1v) is 11.3. The van der Waals surface area contributed by atoms with E-state index < -0.39 is 0 Å². The average Bonchev–Trinajstić information content (AvgIpc) is 2.91. The van der Waals surface area contributed by atoms with Crippen molar-refractivity contribution in [1.82, 2.24) is 4.90 Å². The molecule has 0 aromatic heterocycles. The number of ketones is 1. The zero-order valence-corrected chi connectivity index (χ0v) is 19.8. The number of carbonyl (C=O) groups excluding carboxylic acids is 2. The number of benzene rings is 3. The second-order valence-electron chi connectivity index (χ2n) is 8.15. The third-order valence-electron chi connectivity index (χ3n) is 5.75. The number of hydrogen-bond acceptors (Lipinski definition) is 4. The number of likely N-dealkylation sites (tertiary alicyclic amines) is 1. The summed E-state index contributed by atoms with van der Waals surface area (Å²) in [5.74, 6) is 1.27. The summed E-state index contributed by atoms with van der Waals surface area (Å²) in [6.07, 6.45) is 7.02. The van der Waals surface area contributed by atoms with Gasteiger partial charge in [-0.3, -0.25) is 9.59 Å². The van der Waals surface area contributed by atoms with E-state index in [2.05, 4.69) is 0 Å². The topological polar surface area (TPSA) is 55.8 Å². The first-order valence-electron chi connectivity index (χ1n) is 11.3. The molecule has 0 N–H and O–H groups in total. The van der Waals surface area contributed by atoms with Crippen LogP contribution in [-0.2, 0) is 9.59 Å². The molecule has 1 aliphatic heterocycles. The van der Waals surface area contributed by atoms with E-state index in [1.807, 2.05) is 91.0 Å². The Morgan fingerprint density at radius 1 is 0.714 bits per heavy atom. The van der Waals surface area contributed by atoms with Crippen LogP contribution in [-0.4, -0.2) is 43.9 Å². The van der Waals surface area contributed by atoms with Crippen molar-refractivity contribution in [2.24, 2.45) is 0 Å². The predicted molar refractivity (Wildman–Crippen MR) is 139 cm³/mol. The van der Waals surface area contributed by atoms with Crippen LogP contribution in [0, 0.1) is 0 Å². The minimum absolute atomic E-state index is 0.0623. The summed E-state index contributed by atoms with van der Waals surface area (Å²) < 4.78 is 10.5. The maximum atomic E-state index is 13.4. The molecule has 5 nitrogen and oxygen atoms in total. The third kappa shape index (κ3) is 6.15. The Morgan fingerprint density at radius 2 is 1.20 bits per heavy atom. The molecule has 0 saturated carbocycles. The first kappa shape index (κ1) is 23.8. The minimum atomic E-state index is -0.150. The summed E-state index contributed by atoms with van der Waals surface area (Å²) in [4.78, 5) is 28.2. The number of rotatable bonds is 6. The maximum absolute atomic E-state index is 13.4. The minimum Gasteiger partial charge on any atom is -0.497 e. The molecule has 176 valence electrons. The van der Waals surface area contributed by atoms with Crippen LogP contribution < -0.4 is 9.47 Å². The van der Waals surface area contributed by atoms with Crippen LogP contribution in [0.25, 0.3) is 18.2 Å². The Labute approximate surface area is 205 Å². The highest BCUT2D eigenvalue weighted by atomic mass is 16.5. The molecule has 0 bridgehead atoms. The van der Waals surface area contributed by atoms with Gasteiger partial charge in [0.15, 0.2) is 5.78 Å². The number of methoxy groups -OCH3 is 2. The summed E-state index contributed by atoms with van der Waals surface area (Å²) in [6, 6.07) is 24.6. The second kappa shape index (κ2) is 11.2. The molecule has 5 heteroatoms. The smallest absolute Gasteiger partial charge is 0.247 e. The van der Waals surface area contributed by atoms with Crippen LogP contribution in [0.2, 0.25) is 0 Å². The lowest BCUT2D eigenvalue weighted by Crippen LogP contribution is -2.40. The van der Waals surface area contributed by atoms with Crippen LogP contribution in [0.3, 0.4) is 0 Å². The molecule has 4 rings (SSSR count). The fraction of sp³-hybridized carbons (Fsp3) is 0.133. The van der Waals surface area contributed by atoms with Gasteiger partial charge >= 0.3 is 0 Å². The number of ether oxygens (including phenoxy) is 2. The van der Waals surface area contributed by atoms with Crippen molar-refractivity contribution in [3.8, 4) is 11.5 Å². The van der Waals surface area contributed by atoms with Gasteiger partial charge in [-0.15, -0.1) is 0 Å². The van der Waals surface area contributed by atoms with Crippen LogP contribution in [0.15, 0.2) is 96.1 Å². The Hall–Kier alpha value is -4.38. The highest BCUT2D eigenvalue weighted by Crippen LogP contribution is 2.24. The third-order valence-corrected chi connectivity index (χ3v) is 5.75. The van der Waals surface area contributed by atoms with E-state index in [0.717, 1.165) is 28.2 Å². The van der Waals surface area contributed by atoms with Crippen molar-refractivity contribution < 1.29 is 19.1 Å². The maximum Gasteiger partial charge on any atom is 0.247 e. The molecule has 1 heterocycles. The Balaban J connectivity index is 1.65. The van der Waals surface area contributed by atoms with Crippen molar-refractivity contribution in [2.45, 2.75) is 0 Å². The zero-order valence-electron chi connectivity index (χ0n) is 19.8. The molecule has 1 amide bonds. The SMILES string of the molecule is COc1ccc(/C=C2\CN(C(=O)/C=C/c3ccccc3)C/C(=C\c3ccc(OC)cc3)C2=O)cc1. The number of carbonyl (C=O) groups is 2. The van der Waals surface area contributed by atoms with E-state index >= 15 is 0 Å². The molecule has 0 atom stereocenters. The Bertz CT molecular complexity index is 1200. The molecule has 0 radical (unpaired) electrons. The largest absolute Gasteiger partial charge is 0.497 e. The fourth-order valence-electron chi connectivity index (χ4n) is 3.83. The highest BCUT2D eigenvalue weighted by molar-refractivity contribution is 6.15. The van der Waals surface area contributed by atoms with E-state index in [-0.39, 0.29) is 24.8 Å². The molecule has 35 heavy (non-hydrogen) atoms. The van der Waals surface area contributed by atoms with Gasteiger partial charge in [0.1, 0.15) is 11.5 Å². The molecule has 3 aromatic carbocycles. The van der Waals surface area contributed by atoms with Crippen molar-refractivity contribution in [1.29, 1.82) is 0 Å². The van der Waals surface area contributed by atoms with E-state index in [4.69, 9.17) is 9.47 Å². The molecule has 3 aromatic rings. The van der Waals surface area contributed by atoms with Crippen LogP contribution in [0.4, 0.5) is 0 Å². The van der Waals surface area contributed by atoms with Gasteiger partial charge in [0.2, 0.25) is 5.91 Å². The molecule has 0 spiro atoms. The highest BCUT2D eigenvalue weighted by Gasteiger charge is 2.28. The van der Waals surface area contributed by atoms with Gasteiger partial charge < -0.3 is 14.4 Å². The summed E-state index contributed by atoms with van der Waals surface area (Å²) >= 11 is 0. The number of hydrogen-bond donors (Lipinski definition) is 0. The standard InChI is InChI=1S/C30H27NO4/c1-34-27-13-8-23(9-14-27)18-25-20-31(29(32)17-12-22-6-4-3-5-7-22)21-26(30(25)33)19-24-10-15-28(35-2)16-11-24/h3-19H,20-21H2,1-2H3/b17-12+,25-18+,26-19+. The van der Waals surface area contributed by atoms with Gasteiger partial charge in [0.25, 0.3) is 0 Å². The number of nitrogens with zero attached hydrogens (tertiary/aromatic N) is 1. The monoisotopic (exact) mass is 465 g/mol. The van der Waals surface area contributed by atoms with Gasteiger partial charge in [-0.2, -0.15) is 0 Å². The predicted octanol–water partition coefficient (Wildman–Crippen LogP) is 5.30. The van der Waals surface area contributed by atoms with Crippen molar-refractivity contribution in [3.63, 3.8) is 0 Å². The van der Waals surface area contributed by atoms with Gasteiger partial charge in [0.05, 0.1) is 27.3 Å². The summed E-state index contributed by atoms with van der Waals surface area (Å²) in [7, 11) is 3.22. The molecular weight excluding hydrogens is 438 g/mol. The van der Waals surface area contributed by atoms with Crippen molar-refractivity contribution >= 4 is 29.9 Å². The molecule has 0 unspecified atom stereocenters. The van der Waals surface area contributed by atoms with E-state index in [0.29, 0.717) is 11.1 Å². The van der Waals surface area contributed by atoms with Crippen LogP contribution >= 0.6 is 0 Å². The molecule has 1 aliphatic rings. The van der Waals surface area contributed by atoms with Gasteiger partial charge in [-0.25, -0.2) is 0 Å². The number of Topliss-reactive ketones (excluding diaryl/α,β-unsaturated/α-hetero) is 1. The zero-order chi connectivity index (χ0) is 24.6. The summed E-state index contributed by atoms with van der Waals surface area (Å²) in [6.45, 7) is 0.478. The normalized spacial score (nSPS) is 16.2. The van der Waals surface area contributed by atoms with Gasteiger partial charge in [0, 0.05) is 17.2 Å². The molecule has 0 aliphatic carbocycles. The first-order chi connectivity index (χ1) is 17.1. The average molecular weight is 466 g/mol.